The van der Waals surface area contributed by atoms with Crippen molar-refractivity contribution in [2.75, 3.05) is 26.7 Å². The number of benzene rings is 2. The Morgan fingerprint density at radius 2 is 1.91 bits per heavy atom. The average Bonchev–Trinajstić information content (AvgIpc) is 2.86. The van der Waals surface area contributed by atoms with Gasteiger partial charge in [-0.05, 0) is 54.8 Å². The minimum absolute atomic E-state index is 0.0389. The number of rotatable bonds is 5. The summed E-state index contributed by atoms with van der Waals surface area (Å²) in [5.74, 6) is 0.124. The van der Waals surface area contributed by atoms with Crippen molar-refractivity contribution in [1.82, 2.24) is 10.2 Å². The summed E-state index contributed by atoms with van der Waals surface area (Å²) < 4.78 is 41.5. The maximum Gasteiger partial charge on any atom is 0.417 e. The molecule has 0 bridgehead atoms. The Hall–Kier alpha value is -2.98. The predicted molar refractivity (Wildman–Crippen MR) is 125 cm³/mol. The van der Waals surface area contributed by atoms with Crippen LogP contribution in [-0.2, 0) is 27.1 Å². The lowest BCUT2D eigenvalue weighted by molar-refractivity contribution is -0.215. The van der Waals surface area contributed by atoms with Gasteiger partial charge >= 0.3 is 6.18 Å². The predicted octanol–water partition coefficient (Wildman–Crippen LogP) is 4.72. The number of piperidine rings is 1. The van der Waals surface area contributed by atoms with Crippen LogP contribution in [0.3, 0.4) is 0 Å². The topological polar surface area (TPSA) is 67.9 Å². The molecule has 0 aromatic heterocycles. The lowest BCUT2D eigenvalue weighted by Crippen LogP contribution is -2.41. The number of likely N-dealkylation sites (tertiary alicyclic amines) is 1. The van der Waals surface area contributed by atoms with Gasteiger partial charge in [0.15, 0.2) is 5.75 Å². The first-order valence-electron chi connectivity index (χ1n) is 11.2. The quantitative estimate of drug-likeness (QED) is 0.470. The highest BCUT2D eigenvalue weighted by Gasteiger charge is 2.34. The van der Waals surface area contributed by atoms with Crippen molar-refractivity contribution in [3.05, 3.63) is 59.2 Å². The Morgan fingerprint density at radius 3 is 2.63 bits per heavy atom. The van der Waals surface area contributed by atoms with Crippen LogP contribution in [0.4, 0.5) is 13.2 Å². The number of nitrogens with one attached hydrogen (secondary N) is 1. The van der Waals surface area contributed by atoms with Crippen molar-refractivity contribution in [3.8, 4) is 5.75 Å². The SMILES string of the molecule is CNC(=O)C1CCN(C(=O)/C=C/c2ccc(Sc3ccc4c(c3)CCOO4)c(C(F)(F)F)c2)CC1. The van der Waals surface area contributed by atoms with E-state index >= 15 is 0 Å². The molecule has 2 heterocycles. The highest BCUT2D eigenvalue weighted by atomic mass is 32.2. The second-order valence-corrected chi connectivity index (χ2v) is 9.44. The third-order valence-corrected chi connectivity index (χ3v) is 7.08. The Bertz CT molecular complexity index is 1130. The molecule has 35 heavy (non-hydrogen) atoms. The van der Waals surface area contributed by atoms with Crippen LogP contribution >= 0.6 is 11.8 Å². The molecule has 2 aliphatic rings. The zero-order chi connectivity index (χ0) is 25.0. The fourth-order valence-electron chi connectivity index (χ4n) is 4.08. The average molecular weight is 507 g/mol. The minimum Gasteiger partial charge on any atom is -0.359 e. The standard InChI is InChI=1S/C25H25F3N2O4S/c1-29-24(32)17-8-11-30(12-9-17)23(31)7-3-16-2-6-22(20(14-16)25(26,27)28)35-19-4-5-21-18(15-19)10-13-33-34-21/h2-7,14-15,17H,8-13H2,1H3,(H,29,32)/b7-3+. The van der Waals surface area contributed by atoms with E-state index in [9.17, 15) is 22.8 Å². The number of hydrogen-bond donors (Lipinski definition) is 1. The van der Waals surface area contributed by atoms with Gasteiger partial charge in [-0.3, -0.25) is 9.59 Å². The number of carbonyl (C=O) groups is 2. The van der Waals surface area contributed by atoms with E-state index in [2.05, 4.69) is 5.32 Å². The van der Waals surface area contributed by atoms with Crippen molar-refractivity contribution in [2.45, 2.75) is 35.2 Å². The van der Waals surface area contributed by atoms with Gasteiger partial charge < -0.3 is 15.1 Å². The van der Waals surface area contributed by atoms with Crippen molar-refractivity contribution >= 4 is 29.7 Å². The van der Waals surface area contributed by atoms with Crippen LogP contribution in [0, 0.1) is 5.92 Å². The number of hydrogen-bond acceptors (Lipinski definition) is 5. The summed E-state index contributed by atoms with van der Waals surface area (Å²) in [4.78, 5) is 36.6. The van der Waals surface area contributed by atoms with E-state index in [4.69, 9.17) is 9.78 Å². The summed E-state index contributed by atoms with van der Waals surface area (Å²) in [6, 6.07) is 9.23. The number of halogens is 3. The number of amides is 2. The Labute approximate surface area is 205 Å². The van der Waals surface area contributed by atoms with Crippen LogP contribution in [0.25, 0.3) is 6.08 Å². The van der Waals surface area contributed by atoms with E-state index in [1.165, 1.54) is 18.2 Å². The van der Waals surface area contributed by atoms with Gasteiger partial charge in [0.25, 0.3) is 0 Å². The van der Waals surface area contributed by atoms with Gasteiger partial charge in [0.05, 0.1) is 12.2 Å². The molecule has 6 nitrogen and oxygen atoms in total. The van der Waals surface area contributed by atoms with Crippen molar-refractivity contribution in [3.63, 3.8) is 0 Å². The molecule has 10 heteroatoms. The first kappa shape index (κ1) is 25.1. The second-order valence-electron chi connectivity index (χ2n) is 8.33. The van der Waals surface area contributed by atoms with E-state index in [0.29, 0.717) is 49.6 Å². The maximum absolute atomic E-state index is 13.8. The fraction of sp³-hybridized carbons (Fsp3) is 0.360. The van der Waals surface area contributed by atoms with Crippen molar-refractivity contribution in [2.24, 2.45) is 5.92 Å². The molecule has 2 aromatic carbocycles. The van der Waals surface area contributed by atoms with E-state index in [1.54, 1.807) is 30.1 Å². The summed E-state index contributed by atoms with van der Waals surface area (Å²) in [6.45, 7) is 1.26. The van der Waals surface area contributed by atoms with Crippen LogP contribution in [0.2, 0.25) is 0 Å². The van der Waals surface area contributed by atoms with Gasteiger partial charge in [-0.2, -0.15) is 18.1 Å². The molecule has 2 amide bonds. The molecule has 0 saturated carbocycles. The van der Waals surface area contributed by atoms with Gasteiger partial charge in [-0.1, -0.05) is 17.8 Å². The molecular formula is C25H25F3N2O4S. The summed E-state index contributed by atoms with van der Waals surface area (Å²) in [5, 5.41) is 2.62. The van der Waals surface area contributed by atoms with Crippen molar-refractivity contribution in [1.29, 1.82) is 0 Å². The normalized spacial score (nSPS) is 16.6. The molecule has 0 spiro atoms. The summed E-state index contributed by atoms with van der Waals surface area (Å²) in [7, 11) is 1.58. The monoisotopic (exact) mass is 506 g/mol. The summed E-state index contributed by atoms with van der Waals surface area (Å²) in [6.07, 6.45) is -0.127. The molecule has 1 fully saturated rings. The number of nitrogens with zero attached hydrogens (tertiary/aromatic N) is 1. The molecule has 0 radical (unpaired) electrons. The molecule has 1 saturated heterocycles. The first-order valence-corrected chi connectivity index (χ1v) is 12.1. The fourth-order valence-corrected chi connectivity index (χ4v) is 5.09. The first-order chi connectivity index (χ1) is 16.7. The Morgan fingerprint density at radius 1 is 1.14 bits per heavy atom. The van der Waals surface area contributed by atoms with Gasteiger partial charge in [-0.25, -0.2) is 0 Å². The van der Waals surface area contributed by atoms with Gasteiger partial charge in [0, 0.05) is 53.9 Å². The molecule has 2 aromatic rings. The number of fused-ring (bicyclic) bond motifs is 1. The zero-order valence-electron chi connectivity index (χ0n) is 19.1. The Kier molecular flexibility index (Phi) is 7.71. The van der Waals surface area contributed by atoms with Gasteiger partial charge in [-0.15, -0.1) is 0 Å². The minimum atomic E-state index is -4.55. The zero-order valence-corrected chi connectivity index (χ0v) is 19.9. The van der Waals surface area contributed by atoms with Gasteiger partial charge in [0.1, 0.15) is 0 Å². The van der Waals surface area contributed by atoms with Crippen molar-refractivity contribution < 1.29 is 32.5 Å². The number of carbonyl (C=O) groups excluding carboxylic acids is 2. The van der Waals surface area contributed by atoms with E-state index in [0.717, 1.165) is 23.4 Å². The highest BCUT2D eigenvalue weighted by molar-refractivity contribution is 7.99. The number of alkyl halides is 3. The van der Waals surface area contributed by atoms with Crippen LogP contribution < -0.4 is 10.2 Å². The van der Waals surface area contributed by atoms with Crippen LogP contribution in [0.5, 0.6) is 5.75 Å². The molecule has 0 atom stereocenters. The third-order valence-electron chi connectivity index (χ3n) is 6.01. The molecule has 0 aliphatic carbocycles. The van der Waals surface area contributed by atoms with E-state index in [-0.39, 0.29) is 28.2 Å². The Balaban J connectivity index is 1.46. The molecular weight excluding hydrogens is 481 g/mol. The second kappa shape index (κ2) is 10.7. The summed E-state index contributed by atoms with van der Waals surface area (Å²) in [5.41, 5.74) is 0.402. The van der Waals surface area contributed by atoms with Crippen LogP contribution in [-0.4, -0.2) is 43.5 Å². The van der Waals surface area contributed by atoms with Crippen LogP contribution in [0.1, 0.15) is 29.5 Å². The molecule has 1 N–H and O–H groups in total. The molecule has 4 rings (SSSR count). The maximum atomic E-state index is 13.8. The van der Waals surface area contributed by atoms with Gasteiger partial charge in [0.2, 0.25) is 11.8 Å². The largest absolute Gasteiger partial charge is 0.417 e. The lowest BCUT2D eigenvalue weighted by Gasteiger charge is -2.30. The van der Waals surface area contributed by atoms with E-state index < -0.39 is 11.7 Å². The van der Waals surface area contributed by atoms with E-state index in [1.807, 2.05) is 6.07 Å². The molecule has 186 valence electrons. The smallest absolute Gasteiger partial charge is 0.359 e. The lowest BCUT2D eigenvalue weighted by atomic mass is 9.96. The van der Waals surface area contributed by atoms with Crippen LogP contribution in [0.15, 0.2) is 52.3 Å². The third kappa shape index (κ3) is 6.18. The molecule has 2 aliphatic heterocycles. The highest BCUT2D eigenvalue weighted by Crippen LogP contribution is 2.41. The summed E-state index contributed by atoms with van der Waals surface area (Å²) >= 11 is 1.03. The molecule has 0 unspecified atom stereocenters.